The van der Waals surface area contributed by atoms with Crippen molar-refractivity contribution in [2.24, 2.45) is 0 Å². The van der Waals surface area contributed by atoms with Gasteiger partial charge in [0.1, 0.15) is 11.6 Å². The summed E-state index contributed by atoms with van der Waals surface area (Å²) < 4.78 is 0. The molecule has 5 heteroatoms. The molecule has 0 radical (unpaired) electrons. The topological polar surface area (TPSA) is 80.3 Å². The first kappa shape index (κ1) is 20.2. The first-order chi connectivity index (χ1) is 6.25. The van der Waals surface area contributed by atoms with Gasteiger partial charge >= 0.3 is 16.5 Å². The van der Waals surface area contributed by atoms with Gasteiger partial charge in [0.25, 0.3) is 0 Å². The molecular formula is C10H18NiO4. The van der Waals surface area contributed by atoms with Crippen LogP contribution in [0.4, 0.5) is 0 Å². The van der Waals surface area contributed by atoms with Crippen LogP contribution in [0.15, 0.2) is 0 Å². The Morgan fingerprint density at radius 3 is 1.13 bits per heavy atom. The van der Waals surface area contributed by atoms with Gasteiger partial charge in [-0.05, 0) is 26.7 Å². The van der Waals surface area contributed by atoms with Gasteiger partial charge in [0.15, 0.2) is 0 Å². The Kier molecular flexibility index (Phi) is 15.9. The van der Waals surface area contributed by atoms with Crippen molar-refractivity contribution in [3.63, 3.8) is 0 Å². The van der Waals surface area contributed by atoms with Crippen LogP contribution in [-0.4, -0.2) is 23.8 Å². The molecule has 92 valence electrons. The van der Waals surface area contributed by atoms with E-state index in [2.05, 4.69) is 0 Å². The van der Waals surface area contributed by atoms with Crippen LogP contribution in [0.2, 0.25) is 0 Å². The Bertz CT molecular complexity index is 158. The smallest absolute Gasteiger partial charge is 0.852 e. The van der Waals surface area contributed by atoms with Crippen molar-refractivity contribution in [1.29, 1.82) is 0 Å². The minimum Gasteiger partial charge on any atom is -0.852 e. The average Bonchev–Trinajstić information content (AvgIpc) is 1.79. The fraction of sp³-hybridized carbons (Fsp3) is 0.800. The van der Waals surface area contributed by atoms with E-state index >= 15 is 0 Å². The summed E-state index contributed by atoms with van der Waals surface area (Å²) in [6.07, 6.45) is -1.12. The molecule has 15 heavy (non-hydrogen) atoms. The van der Waals surface area contributed by atoms with Crippen LogP contribution in [0.3, 0.4) is 0 Å². The molecule has 0 fully saturated rings. The van der Waals surface area contributed by atoms with Crippen molar-refractivity contribution in [3.8, 4) is 0 Å². The van der Waals surface area contributed by atoms with Gasteiger partial charge in [-0.15, -0.1) is 12.2 Å². The molecule has 2 atom stereocenters. The van der Waals surface area contributed by atoms with Crippen molar-refractivity contribution in [2.45, 2.75) is 52.7 Å². The van der Waals surface area contributed by atoms with Gasteiger partial charge in [0, 0.05) is 0 Å². The predicted octanol–water partition coefficient (Wildman–Crippen LogP) is -0.574. The van der Waals surface area contributed by atoms with E-state index in [9.17, 15) is 19.8 Å². The van der Waals surface area contributed by atoms with Gasteiger partial charge in [-0.3, -0.25) is 0 Å². The zero-order valence-corrected chi connectivity index (χ0v) is 10.5. The Hall–Kier alpha value is -0.246. The van der Waals surface area contributed by atoms with E-state index < -0.39 is 12.2 Å². The van der Waals surface area contributed by atoms with Crippen molar-refractivity contribution in [2.75, 3.05) is 0 Å². The normalized spacial score (nSPS) is 12.7. The van der Waals surface area contributed by atoms with E-state index in [1.807, 2.05) is 0 Å². The molecule has 0 aromatic rings. The molecule has 2 unspecified atom stereocenters. The van der Waals surface area contributed by atoms with E-state index in [0.717, 1.165) is 0 Å². The zero-order chi connectivity index (χ0) is 11.7. The Morgan fingerprint density at radius 2 is 1.13 bits per heavy atom. The summed E-state index contributed by atoms with van der Waals surface area (Å²) in [7, 11) is 0. The summed E-state index contributed by atoms with van der Waals surface area (Å²) in [5.41, 5.74) is 0. The van der Waals surface area contributed by atoms with Crippen molar-refractivity contribution >= 4 is 11.6 Å². The monoisotopic (exact) mass is 260 g/mol. The van der Waals surface area contributed by atoms with Crippen molar-refractivity contribution in [1.82, 2.24) is 0 Å². The number of carbonyl (C=O) groups is 2. The molecule has 0 aliphatic rings. The summed E-state index contributed by atoms with van der Waals surface area (Å²) in [6.45, 7) is 5.82. The number of ketones is 2. The van der Waals surface area contributed by atoms with Crippen LogP contribution < -0.4 is 10.2 Å². The molecule has 0 N–H and O–H groups in total. The fourth-order valence-corrected chi connectivity index (χ4v) is 0.810. The van der Waals surface area contributed by atoms with Gasteiger partial charge in [-0.2, -0.15) is 0 Å². The number of hydrogen-bond acceptors (Lipinski definition) is 4. The maximum atomic E-state index is 10.1. The maximum absolute atomic E-state index is 10.1. The van der Waals surface area contributed by atoms with Gasteiger partial charge in [0.2, 0.25) is 0 Å². The molecule has 0 aliphatic carbocycles. The Labute approximate surface area is 101 Å². The first-order valence-corrected chi connectivity index (χ1v) is 4.56. The van der Waals surface area contributed by atoms with Crippen LogP contribution >= 0.6 is 0 Å². The molecule has 0 amide bonds. The van der Waals surface area contributed by atoms with Crippen molar-refractivity contribution in [3.05, 3.63) is 0 Å². The van der Waals surface area contributed by atoms with E-state index in [1.165, 1.54) is 27.7 Å². The molecule has 0 saturated carbocycles. The van der Waals surface area contributed by atoms with Gasteiger partial charge < -0.3 is 19.8 Å². The molecule has 0 aromatic heterocycles. The van der Waals surface area contributed by atoms with Gasteiger partial charge in [-0.1, -0.05) is 13.8 Å². The predicted molar refractivity (Wildman–Crippen MR) is 49.5 cm³/mol. The summed E-state index contributed by atoms with van der Waals surface area (Å²) in [6, 6.07) is 0. The molecule has 0 rings (SSSR count). The molecule has 0 aliphatic heterocycles. The Balaban J connectivity index is -0.000000180. The second kappa shape index (κ2) is 11.8. The van der Waals surface area contributed by atoms with E-state index in [1.54, 1.807) is 0 Å². The quantitative estimate of drug-likeness (QED) is 0.634. The summed E-state index contributed by atoms with van der Waals surface area (Å²) in [5.74, 6) is -0.0509. The molecular weight excluding hydrogens is 243 g/mol. The van der Waals surface area contributed by atoms with E-state index in [-0.39, 0.29) is 40.9 Å². The number of Topliss-reactive ketones (excluding diaryl/α,β-unsaturated/α-hetero) is 2. The van der Waals surface area contributed by atoms with Crippen LogP contribution in [0.1, 0.15) is 40.5 Å². The average molecular weight is 261 g/mol. The largest absolute Gasteiger partial charge is 2.00 e. The molecule has 0 aromatic carbocycles. The molecule has 0 bridgehead atoms. The van der Waals surface area contributed by atoms with Gasteiger partial charge in [-0.25, -0.2) is 0 Å². The van der Waals surface area contributed by atoms with Crippen molar-refractivity contribution < 1.29 is 36.3 Å². The number of hydrogen-bond donors (Lipinski definition) is 0. The third kappa shape index (κ3) is 31.6. The molecule has 0 spiro atoms. The summed E-state index contributed by atoms with van der Waals surface area (Å²) in [5, 5.41) is 20.2. The van der Waals surface area contributed by atoms with Crippen LogP contribution in [0.25, 0.3) is 0 Å². The SMILES string of the molecule is CC(=O)CC(C)[O-].CC(=O)CC(C)[O-].[Ni+2]. The third-order valence-corrected chi connectivity index (χ3v) is 1.15. The minimum atomic E-state index is -0.725. The van der Waals surface area contributed by atoms with Crippen LogP contribution in [0.5, 0.6) is 0 Å². The minimum absolute atomic E-state index is 0. The number of rotatable bonds is 4. The standard InChI is InChI=1S/2C5H9O2.Ni/c2*1-4(6)3-5(2)7;/h2*4H,3H2,1-2H3;/q2*-1;+2. The second-order valence-corrected chi connectivity index (χ2v) is 3.43. The van der Waals surface area contributed by atoms with E-state index in [0.29, 0.717) is 0 Å². The van der Waals surface area contributed by atoms with Crippen LogP contribution in [-0.2, 0) is 26.1 Å². The molecule has 0 saturated heterocycles. The zero-order valence-electron chi connectivity index (χ0n) is 9.52. The van der Waals surface area contributed by atoms with Crippen LogP contribution in [0, 0.1) is 0 Å². The molecule has 4 nitrogen and oxygen atoms in total. The third-order valence-electron chi connectivity index (χ3n) is 1.15. The van der Waals surface area contributed by atoms with Gasteiger partial charge in [0.05, 0.1) is 0 Å². The summed E-state index contributed by atoms with van der Waals surface area (Å²) in [4.78, 5) is 20.1. The Morgan fingerprint density at radius 1 is 0.933 bits per heavy atom. The maximum Gasteiger partial charge on any atom is 2.00 e. The van der Waals surface area contributed by atoms with E-state index in [4.69, 9.17) is 0 Å². The summed E-state index contributed by atoms with van der Waals surface area (Å²) >= 11 is 0. The second-order valence-electron chi connectivity index (χ2n) is 3.43. The first-order valence-electron chi connectivity index (χ1n) is 4.56. The molecule has 0 heterocycles. The fourth-order valence-electron chi connectivity index (χ4n) is 0.810. The number of carbonyl (C=O) groups excluding carboxylic acids is 2.